The molecule has 1 heteroatoms. The number of fused-ring (bicyclic) bond motifs is 1. The molecule has 1 nitrogen and oxygen atoms in total. The average Bonchev–Trinajstić information content (AvgIpc) is 2.54. The summed E-state index contributed by atoms with van der Waals surface area (Å²) in [7, 11) is 2.15. The van der Waals surface area contributed by atoms with Crippen LogP contribution in [0.4, 0.5) is 5.69 Å². The van der Waals surface area contributed by atoms with Crippen LogP contribution < -0.4 is 4.90 Å². The zero-order chi connectivity index (χ0) is 13.9. The number of anilines is 1. The summed E-state index contributed by atoms with van der Waals surface area (Å²) in [5.74, 6) is 0. The maximum absolute atomic E-state index is 2.32. The van der Waals surface area contributed by atoms with E-state index in [4.69, 9.17) is 0 Å². The molecule has 0 spiro atoms. The van der Waals surface area contributed by atoms with Gasteiger partial charge in [-0.25, -0.2) is 0 Å². The van der Waals surface area contributed by atoms with Crippen LogP contribution in [0.25, 0.3) is 10.8 Å². The Morgan fingerprint density at radius 3 is 2.15 bits per heavy atom. The van der Waals surface area contributed by atoms with E-state index in [1.807, 2.05) is 0 Å². The number of hydrogen-bond acceptors (Lipinski definition) is 1. The molecule has 0 amide bonds. The van der Waals surface area contributed by atoms with Gasteiger partial charge < -0.3 is 4.90 Å². The fraction of sp³-hybridized carbons (Fsp3) is 0.158. The summed E-state index contributed by atoms with van der Waals surface area (Å²) < 4.78 is 0. The van der Waals surface area contributed by atoms with Crippen LogP contribution in [-0.2, 0) is 0 Å². The monoisotopic (exact) mass is 261 g/mol. The first kappa shape index (κ1) is 12.7. The van der Waals surface area contributed by atoms with Gasteiger partial charge in [-0.15, -0.1) is 0 Å². The van der Waals surface area contributed by atoms with Crippen LogP contribution in [0.2, 0.25) is 0 Å². The molecular formula is C19H19N. The van der Waals surface area contributed by atoms with Crippen molar-refractivity contribution in [3.05, 3.63) is 78.4 Å². The summed E-state index contributed by atoms with van der Waals surface area (Å²) in [5, 5.41) is 2.58. The third-order valence-electron chi connectivity index (χ3n) is 4.00. The molecule has 0 radical (unpaired) electrons. The molecule has 0 bridgehead atoms. The molecule has 0 fully saturated rings. The largest absolute Gasteiger partial charge is 0.368 e. The Morgan fingerprint density at radius 1 is 0.750 bits per heavy atom. The Morgan fingerprint density at radius 2 is 1.40 bits per heavy atom. The van der Waals surface area contributed by atoms with E-state index in [1.165, 1.54) is 22.0 Å². The van der Waals surface area contributed by atoms with E-state index in [2.05, 4.69) is 91.7 Å². The molecule has 1 unspecified atom stereocenters. The third-order valence-corrected chi connectivity index (χ3v) is 4.00. The van der Waals surface area contributed by atoms with Crippen molar-refractivity contribution in [1.82, 2.24) is 0 Å². The van der Waals surface area contributed by atoms with Crippen LogP contribution in [-0.4, -0.2) is 7.05 Å². The van der Waals surface area contributed by atoms with E-state index in [0.29, 0.717) is 6.04 Å². The van der Waals surface area contributed by atoms with Crippen molar-refractivity contribution in [2.24, 2.45) is 0 Å². The van der Waals surface area contributed by atoms with Crippen molar-refractivity contribution in [3.63, 3.8) is 0 Å². The van der Waals surface area contributed by atoms with E-state index in [0.717, 1.165) is 0 Å². The molecule has 0 aliphatic carbocycles. The Bertz CT molecular complexity index is 703. The zero-order valence-electron chi connectivity index (χ0n) is 12.0. The summed E-state index contributed by atoms with van der Waals surface area (Å²) >= 11 is 0. The summed E-state index contributed by atoms with van der Waals surface area (Å²) in [6.45, 7) is 2.24. The molecule has 0 saturated heterocycles. The van der Waals surface area contributed by atoms with Crippen molar-refractivity contribution in [3.8, 4) is 0 Å². The number of rotatable bonds is 3. The van der Waals surface area contributed by atoms with Gasteiger partial charge in [0.2, 0.25) is 0 Å². The van der Waals surface area contributed by atoms with Gasteiger partial charge in [0.1, 0.15) is 0 Å². The summed E-state index contributed by atoms with van der Waals surface area (Å²) in [5.41, 5.74) is 2.59. The average molecular weight is 261 g/mol. The second-order valence-corrected chi connectivity index (χ2v) is 5.23. The van der Waals surface area contributed by atoms with Gasteiger partial charge >= 0.3 is 0 Å². The lowest BCUT2D eigenvalue weighted by Crippen LogP contribution is -2.21. The van der Waals surface area contributed by atoms with E-state index in [1.54, 1.807) is 0 Å². The predicted molar refractivity (Wildman–Crippen MR) is 87.2 cm³/mol. The van der Waals surface area contributed by atoms with Gasteiger partial charge in [-0.2, -0.15) is 0 Å². The molecule has 1 atom stereocenters. The van der Waals surface area contributed by atoms with Crippen LogP contribution in [0.15, 0.2) is 72.8 Å². The highest BCUT2D eigenvalue weighted by Gasteiger charge is 2.12. The Balaban J connectivity index is 1.94. The van der Waals surface area contributed by atoms with Gasteiger partial charge in [0.05, 0.1) is 6.04 Å². The molecule has 0 aliphatic rings. The predicted octanol–water partition coefficient (Wildman–Crippen LogP) is 5.04. The topological polar surface area (TPSA) is 3.24 Å². The molecule has 3 aromatic carbocycles. The fourth-order valence-corrected chi connectivity index (χ4v) is 2.57. The summed E-state index contributed by atoms with van der Waals surface area (Å²) in [4.78, 5) is 2.32. The lowest BCUT2D eigenvalue weighted by Gasteiger charge is -2.27. The maximum atomic E-state index is 2.32. The van der Waals surface area contributed by atoms with Crippen LogP contribution in [0.5, 0.6) is 0 Å². The highest BCUT2D eigenvalue weighted by Crippen LogP contribution is 2.27. The summed E-state index contributed by atoms with van der Waals surface area (Å²) in [6, 6.07) is 26.1. The van der Waals surface area contributed by atoms with Crippen LogP contribution >= 0.6 is 0 Å². The minimum atomic E-state index is 0.359. The minimum Gasteiger partial charge on any atom is -0.368 e. The summed E-state index contributed by atoms with van der Waals surface area (Å²) in [6.07, 6.45) is 0. The highest BCUT2D eigenvalue weighted by atomic mass is 15.1. The Kier molecular flexibility index (Phi) is 3.42. The number of benzene rings is 3. The molecule has 0 saturated carbocycles. The fourth-order valence-electron chi connectivity index (χ4n) is 2.57. The van der Waals surface area contributed by atoms with Crippen molar-refractivity contribution in [2.45, 2.75) is 13.0 Å². The first-order valence-electron chi connectivity index (χ1n) is 7.02. The van der Waals surface area contributed by atoms with E-state index in [-0.39, 0.29) is 0 Å². The van der Waals surface area contributed by atoms with Gasteiger partial charge in [-0.05, 0) is 35.4 Å². The standard InChI is InChI=1S/C19H19N/c1-15(16-8-4-3-5-9-16)20(2)19-13-12-17-10-6-7-11-18(17)14-19/h3-15H,1-2H3. The second-order valence-electron chi connectivity index (χ2n) is 5.23. The normalized spacial score (nSPS) is 12.3. The third kappa shape index (κ3) is 2.39. The number of nitrogens with zero attached hydrogens (tertiary/aromatic N) is 1. The maximum Gasteiger partial charge on any atom is 0.0511 e. The molecule has 3 rings (SSSR count). The highest BCUT2D eigenvalue weighted by molar-refractivity contribution is 5.85. The van der Waals surface area contributed by atoms with Crippen molar-refractivity contribution >= 4 is 16.5 Å². The molecule has 3 aromatic rings. The van der Waals surface area contributed by atoms with E-state index in [9.17, 15) is 0 Å². The molecule has 0 aliphatic heterocycles. The van der Waals surface area contributed by atoms with Gasteiger partial charge in [-0.3, -0.25) is 0 Å². The minimum absolute atomic E-state index is 0.359. The molecule has 0 heterocycles. The Labute approximate surface area is 120 Å². The molecular weight excluding hydrogens is 242 g/mol. The lowest BCUT2D eigenvalue weighted by molar-refractivity contribution is 0.740. The molecule has 0 N–H and O–H groups in total. The Hall–Kier alpha value is -2.28. The van der Waals surface area contributed by atoms with Crippen molar-refractivity contribution in [1.29, 1.82) is 0 Å². The van der Waals surface area contributed by atoms with Gasteiger partial charge in [-0.1, -0.05) is 60.7 Å². The smallest absolute Gasteiger partial charge is 0.0511 e. The first-order chi connectivity index (χ1) is 9.75. The van der Waals surface area contributed by atoms with E-state index >= 15 is 0 Å². The van der Waals surface area contributed by atoms with Crippen LogP contribution in [0, 0.1) is 0 Å². The quantitative estimate of drug-likeness (QED) is 0.638. The van der Waals surface area contributed by atoms with Crippen LogP contribution in [0.3, 0.4) is 0 Å². The van der Waals surface area contributed by atoms with E-state index < -0.39 is 0 Å². The van der Waals surface area contributed by atoms with Crippen LogP contribution in [0.1, 0.15) is 18.5 Å². The lowest BCUT2D eigenvalue weighted by atomic mass is 10.1. The van der Waals surface area contributed by atoms with Gasteiger partial charge in [0.25, 0.3) is 0 Å². The molecule has 0 aromatic heterocycles. The van der Waals surface area contributed by atoms with Gasteiger partial charge in [0.15, 0.2) is 0 Å². The molecule has 100 valence electrons. The SMILES string of the molecule is CC(c1ccccc1)N(C)c1ccc2ccccc2c1. The van der Waals surface area contributed by atoms with Crippen molar-refractivity contribution in [2.75, 3.05) is 11.9 Å². The van der Waals surface area contributed by atoms with Gasteiger partial charge in [0, 0.05) is 12.7 Å². The zero-order valence-corrected chi connectivity index (χ0v) is 12.0. The number of hydrogen-bond donors (Lipinski definition) is 0. The first-order valence-corrected chi connectivity index (χ1v) is 7.02. The van der Waals surface area contributed by atoms with Crippen molar-refractivity contribution < 1.29 is 0 Å². The molecule has 20 heavy (non-hydrogen) atoms. The second kappa shape index (κ2) is 5.38.